The number of nitrogens with one attached hydrogen (secondary N) is 1. The fraction of sp³-hybridized carbons (Fsp3) is 0.353. The highest BCUT2D eigenvalue weighted by Crippen LogP contribution is 2.31. The van der Waals surface area contributed by atoms with Crippen molar-refractivity contribution in [1.82, 2.24) is 24.1 Å². The van der Waals surface area contributed by atoms with Gasteiger partial charge in [-0.05, 0) is 45.4 Å². The predicted molar refractivity (Wildman–Crippen MR) is 107 cm³/mol. The number of anilines is 1. The lowest BCUT2D eigenvalue weighted by atomic mass is 10.1. The molecule has 0 fully saturated rings. The summed E-state index contributed by atoms with van der Waals surface area (Å²) in [6.45, 7) is 6.35. The van der Waals surface area contributed by atoms with Gasteiger partial charge in [0.05, 0.1) is 16.3 Å². The number of benzene rings is 1. The summed E-state index contributed by atoms with van der Waals surface area (Å²) >= 11 is 6.20. The van der Waals surface area contributed by atoms with Crippen LogP contribution in [0, 0.1) is 13.8 Å². The quantitative estimate of drug-likeness (QED) is 0.567. The van der Waals surface area contributed by atoms with Gasteiger partial charge in [-0.1, -0.05) is 11.6 Å². The molecule has 1 aromatic carbocycles. The Morgan fingerprint density at radius 2 is 1.93 bits per heavy atom. The molecular weight excluding hydrogens is 404 g/mol. The standard InChI is InChI=1S/C17H21ClN6O3S/c1-9-5-12(18)14(28(26,27)20-8-17(3,4)25)6-11(9)13-7-24-15(19)21-10(2)22-16(24)23-13/h5-7,20,25H,8H2,1-4H3,(H2,19,21,22,23). The number of rotatable bonds is 5. The highest BCUT2D eigenvalue weighted by Gasteiger charge is 2.24. The molecule has 0 aliphatic heterocycles. The summed E-state index contributed by atoms with van der Waals surface area (Å²) in [5.41, 5.74) is 6.49. The third-order valence-corrected chi connectivity index (χ3v) is 5.88. The van der Waals surface area contributed by atoms with Crippen LogP contribution in [0.15, 0.2) is 23.2 Å². The first kappa shape index (κ1) is 20.5. The smallest absolute Gasteiger partial charge is 0.242 e. The van der Waals surface area contributed by atoms with E-state index in [-0.39, 0.29) is 22.4 Å². The van der Waals surface area contributed by atoms with Gasteiger partial charge < -0.3 is 10.8 Å². The van der Waals surface area contributed by atoms with Crippen LogP contribution in [-0.2, 0) is 10.0 Å². The lowest BCUT2D eigenvalue weighted by molar-refractivity contribution is 0.0857. The number of aromatic nitrogens is 4. The van der Waals surface area contributed by atoms with Crippen LogP contribution in [0.2, 0.25) is 5.02 Å². The third-order valence-electron chi connectivity index (χ3n) is 4.01. The van der Waals surface area contributed by atoms with Crippen molar-refractivity contribution in [3.63, 3.8) is 0 Å². The van der Waals surface area contributed by atoms with Crippen LogP contribution in [0.5, 0.6) is 0 Å². The van der Waals surface area contributed by atoms with Gasteiger partial charge in [-0.2, -0.15) is 9.97 Å². The second-order valence-corrected chi connectivity index (χ2v) is 9.30. The zero-order valence-electron chi connectivity index (χ0n) is 15.9. The van der Waals surface area contributed by atoms with Crippen molar-refractivity contribution in [2.45, 2.75) is 38.2 Å². The summed E-state index contributed by atoms with van der Waals surface area (Å²) < 4.78 is 29.3. The number of halogens is 1. The van der Waals surface area contributed by atoms with E-state index in [2.05, 4.69) is 19.7 Å². The number of hydrogen-bond donors (Lipinski definition) is 3. The summed E-state index contributed by atoms with van der Waals surface area (Å²) in [7, 11) is -3.95. The molecule has 28 heavy (non-hydrogen) atoms. The Kier molecular flexibility index (Phi) is 5.09. The Balaban J connectivity index is 2.11. The molecule has 9 nitrogen and oxygen atoms in total. The maximum Gasteiger partial charge on any atom is 0.242 e. The van der Waals surface area contributed by atoms with E-state index in [1.165, 1.54) is 24.3 Å². The van der Waals surface area contributed by atoms with E-state index in [1.54, 1.807) is 26.1 Å². The average Bonchev–Trinajstić information content (AvgIpc) is 2.96. The molecular formula is C17H21ClN6O3S. The van der Waals surface area contributed by atoms with Gasteiger partial charge in [0.25, 0.3) is 0 Å². The van der Waals surface area contributed by atoms with E-state index in [4.69, 9.17) is 17.3 Å². The number of sulfonamides is 1. The Labute approximate surface area is 167 Å². The third kappa shape index (κ3) is 4.09. The molecule has 0 saturated carbocycles. The zero-order valence-corrected chi connectivity index (χ0v) is 17.4. The lowest BCUT2D eigenvalue weighted by Crippen LogP contribution is -2.38. The first-order valence-corrected chi connectivity index (χ1v) is 10.3. The molecule has 0 aliphatic rings. The molecule has 0 amide bonds. The minimum atomic E-state index is -3.95. The summed E-state index contributed by atoms with van der Waals surface area (Å²) in [6, 6.07) is 3.00. The average molecular weight is 425 g/mol. The Hall–Kier alpha value is -2.27. The molecule has 4 N–H and O–H groups in total. The predicted octanol–water partition coefficient (Wildman–Crippen LogP) is 1.69. The van der Waals surface area contributed by atoms with Crippen LogP contribution in [0.3, 0.4) is 0 Å². The molecule has 150 valence electrons. The van der Waals surface area contributed by atoms with Gasteiger partial charge in [0, 0.05) is 18.3 Å². The monoisotopic (exact) mass is 424 g/mol. The topological polar surface area (TPSA) is 136 Å². The number of aryl methyl sites for hydroxylation is 2. The molecule has 3 aromatic rings. The van der Waals surface area contributed by atoms with Crippen LogP contribution in [0.25, 0.3) is 17.0 Å². The van der Waals surface area contributed by atoms with E-state index in [0.717, 1.165) is 5.56 Å². The first-order valence-electron chi connectivity index (χ1n) is 8.39. The largest absolute Gasteiger partial charge is 0.389 e. The van der Waals surface area contributed by atoms with Gasteiger partial charge in [0.15, 0.2) is 0 Å². The molecule has 3 rings (SSSR count). The number of hydrogen-bond acceptors (Lipinski definition) is 7. The fourth-order valence-corrected chi connectivity index (χ4v) is 4.43. The normalized spacial score (nSPS) is 12.6. The highest BCUT2D eigenvalue weighted by molar-refractivity contribution is 7.89. The Morgan fingerprint density at radius 3 is 2.57 bits per heavy atom. The van der Waals surface area contributed by atoms with E-state index in [0.29, 0.717) is 22.9 Å². The van der Waals surface area contributed by atoms with Crippen molar-refractivity contribution >= 4 is 33.4 Å². The number of aliphatic hydroxyl groups is 1. The molecule has 0 spiro atoms. The van der Waals surface area contributed by atoms with Crippen LogP contribution in [0.1, 0.15) is 25.2 Å². The highest BCUT2D eigenvalue weighted by atomic mass is 35.5. The maximum absolute atomic E-state index is 12.7. The van der Waals surface area contributed by atoms with Crippen molar-refractivity contribution in [3.05, 3.63) is 34.7 Å². The Bertz CT molecular complexity index is 1170. The summed E-state index contributed by atoms with van der Waals surface area (Å²) in [5.74, 6) is 1.07. The van der Waals surface area contributed by atoms with Gasteiger partial charge in [0.2, 0.25) is 21.7 Å². The SMILES string of the molecule is Cc1nc(N)n2cc(-c3cc(S(=O)(=O)NCC(C)(C)O)c(Cl)cc3C)nc2n1. The van der Waals surface area contributed by atoms with Gasteiger partial charge >= 0.3 is 0 Å². The zero-order chi connectivity index (χ0) is 20.9. The van der Waals surface area contributed by atoms with Crippen molar-refractivity contribution in [2.24, 2.45) is 0 Å². The van der Waals surface area contributed by atoms with Crippen molar-refractivity contribution in [1.29, 1.82) is 0 Å². The number of imidazole rings is 1. The van der Waals surface area contributed by atoms with Gasteiger partial charge in [0.1, 0.15) is 10.7 Å². The van der Waals surface area contributed by atoms with Crippen LogP contribution in [0.4, 0.5) is 5.95 Å². The number of nitrogens with zero attached hydrogens (tertiary/aromatic N) is 4. The summed E-state index contributed by atoms with van der Waals surface area (Å²) in [4.78, 5) is 12.7. The summed E-state index contributed by atoms with van der Waals surface area (Å²) in [6.07, 6.45) is 1.64. The number of nitrogens with two attached hydrogens (primary N) is 1. The molecule has 0 aliphatic carbocycles. The van der Waals surface area contributed by atoms with Gasteiger partial charge in [-0.15, -0.1) is 0 Å². The van der Waals surface area contributed by atoms with E-state index in [9.17, 15) is 13.5 Å². The van der Waals surface area contributed by atoms with Crippen LogP contribution in [-0.4, -0.2) is 45.0 Å². The summed E-state index contributed by atoms with van der Waals surface area (Å²) in [5, 5.41) is 9.88. The second-order valence-electron chi connectivity index (χ2n) is 7.16. The Morgan fingerprint density at radius 1 is 1.25 bits per heavy atom. The molecule has 0 atom stereocenters. The van der Waals surface area contributed by atoms with Crippen LogP contribution < -0.4 is 10.5 Å². The number of fused-ring (bicyclic) bond motifs is 1. The molecule has 0 bridgehead atoms. The van der Waals surface area contributed by atoms with E-state index in [1.807, 2.05) is 0 Å². The maximum atomic E-state index is 12.7. The van der Waals surface area contributed by atoms with Crippen molar-refractivity contribution in [3.8, 4) is 11.3 Å². The minimum Gasteiger partial charge on any atom is -0.389 e. The van der Waals surface area contributed by atoms with Gasteiger partial charge in [-0.3, -0.25) is 4.40 Å². The van der Waals surface area contributed by atoms with E-state index >= 15 is 0 Å². The van der Waals surface area contributed by atoms with Crippen molar-refractivity contribution in [2.75, 3.05) is 12.3 Å². The minimum absolute atomic E-state index is 0.0726. The van der Waals surface area contributed by atoms with Crippen LogP contribution >= 0.6 is 11.6 Å². The van der Waals surface area contributed by atoms with Crippen molar-refractivity contribution < 1.29 is 13.5 Å². The molecule has 0 unspecified atom stereocenters. The van der Waals surface area contributed by atoms with E-state index < -0.39 is 15.6 Å². The fourth-order valence-electron chi connectivity index (χ4n) is 2.62. The molecule has 0 saturated heterocycles. The molecule has 0 radical (unpaired) electrons. The second kappa shape index (κ2) is 6.96. The molecule has 2 heterocycles. The number of nitrogen functional groups attached to an aromatic ring is 1. The lowest BCUT2D eigenvalue weighted by Gasteiger charge is -2.18. The molecule has 11 heteroatoms. The molecule has 2 aromatic heterocycles. The van der Waals surface area contributed by atoms with Gasteiger partial charge in [-0.25, -0.2) is 18.1 Å². The first-order chi connectivity index (χ1) is 12.9.